The fourth-order valence-corrected chi connectivity index (χ4v) is 2.35. The van der Waals surface area contributed by atoms with E-state index in [1.165, 1.54) is 18.4 Å². The summed E-state index contributed by atoms with van der Waals surface area (Å²) in [5.41, 5.74) is 7.48. The molecule has 2 rings (SSSR count). The number of benzene rings is 1. The van der Waals surface area contributed by atoms with Crippen molar-refractivity contribution < 1.29 is 9.53 Å². The molecule has 1 aromatic carbocycles. The Morgan fingerprint density at radius 3 is 2.55 bits per heavy atom. The van der Waals surface area contributed by atoms with Gasteiger partial charge in [0, 0.05) is 18.9 Å². The van der Waals surface area contributed by atoms with Crippen LogP contribution in [0.4, 0.5) is 5.69 Å². The molecular formula is C16H24N2O2. The van der Waals surface area contributed by atoms with Crippen molar-refractivity contribution in [3.05, 3.63) is 29.8 Å². The molecule has 3 N–H and O–H groups in total. The highest BCUT2D eigenvalue weighted by Crippen LogP contribution is 2.20. The first-order valence-electron chi connectivity index (χ1n) is 7.41. The highest BCUT2D eigenvalue weighted by atomic mass is 16.5. The maximum absolute atomic E-state index is 12.3. The van der Waals surface area contributed by atoms with E-state index in [-0.39, 0.29) is 5.91 Å². The molecule has 4 heteroatoms. The highest BCUT2D eigenvalue weighted by molar-refractivity contribution is 5.98. The van der Waals surface area contributed by atoms with Gasteiger partial charge in [0.2, 0.25) is 5.91 Å². The molecule has 0 radical (unpaired) electrons. The first-order chi connectivity index (χ1) is 9.64. The fraction of sp³-hybridized carbons (Fsp3) is 0.562. The van der Waals surface area contributed by atoms with Gasteiger partial charge < -0.3 is 15.8 Å². The summed E-state index contributed by atoms with van der Waals surface area (Å²) in [6.07, 6.45) is 4.62. The van der Waals surface area contributed by atoms with Gasteiger partial charge in [0.25, 0.3) is 0 Å². The van der Waals surface area contributed by atoms with Crippen LogP contribution < -0.4 is 11.1 Å². The van der Waals surface area contributed by atoms with Crippen molar-refractivity contribution in [1.82, 2.24) is 0 Å². The number of anilines is 1. The summed E-state index contributed by atoms with van der Waals surface area (Å²) in [6.45, 7) is 3.29. The van der Waals surface area contributed by atoms with Gasteiger partial charge in [-0.25, -0.2) is 0 Å². The van der Waals surface area contributed by atoms with Gasteiger partial charge in [0.15, 0.2) is 0 Å². The SMILES string of the molecule is CCCCc1ccc(NC(=O)C2(N)CCOCC2)cc1. The third-order valence-electron chi connectivity index (χ3n) is 3.87. The lowest BCUT2D eigenvalue weighted by Gasteiger charge is -2.31. The summed E-state index contributed by atoms with van der Waals surface area (Å²) in [5.74, 6) is -0.109. The van der Waals surface area contributed by atoms with E-state index in [1.54, 1.807) is 0 Å². The van der Waals surface area contributed by atoms with Gasteiger partial charge in [-0.05, 0) is 43.4 Å². The van der Waals surface area contributed by atoms with E-state index in [0.717, 1.165) is 12.1 Å². The molecule has 1 fully saturated rings. The second kappa shape index (κ2) is 6.86. The zero-order chi connectivity index (χ0) is 14.4. The smallest absolute Gasteiger partial charge is 0.244 e. The van der Waals surface area contributed by atoms with Crippen LogP contribution >= 0.6 is 0 Å². The largest absolute Gasteiger partial charge is 0.381 e. The predicted molar refractivity (Wildman–Crippen MR) is 80.7 cm³/mol. The molecule has 4 nitrogen and oxygen atoms in total. The lowest BCUT2D eigenvalue weighted by molar-refractivity contribution is -0.124. The van der Waals surface area contributed by atoms with E-state index in [4.69, 9.17) is 10.5 Å². The number of unbranched alkanes of at least 4 members (excludes halogenated alkanes) is 1. The van der Waals surface area contributed by atoms with Gasteiger partial charge in [0.05, 0.1) is 0 Å². The summed E-state index contributed by atoms with van der Waals surface area (Å²) in [4.78, 5) is 12.3. The van der Waals surface area contributed by atoms with Gasteiger partial charge in [-0.1, -0.05) is 25.5 Å². The molecular weight excluding hydrogens is 252 g/mol. The van der Waals surface area contributed by atoms with E-state index >= 15 is 0 Å². The molecule has 20 heavy (non-hydrogen) atoms. The molecule has 0 unspecified atom stereocenters. The Balaban J connectivity index is 1.93. The van der Waals surface area contributed by atoms with E-state index in [9.17, 15) is 4.79 Å². The van der Waals surface area contributed by atoms with Crippen LogP contribution in [0, 0.1) is 0 Å². The molecule has 110 valence electrons. The maximum atomic E-state index is 12.3. The van der Waals surface area contributed by atoms with Crippen LogP contribution in [-0.2, 0) is 16.0 Å². The Bertz CT molecular complexity index is 436. The normalized spacial score (nSPS) is 17.7. The van der Waals surface area contributed by atoms with Crippen LogP contribution in [0.15, 0.2) is 24.3 Å². The van der Waals surface area contributed by atoms with Crippen LogP contribution in [0.1, 0.15) is 38.2 Å². The summed E-state index contributed by atoms with van der Waals surface area (Å²) >= 11 is 0. The number of hydrogen-bond acceptors (Lipinski definition) is 3. The van der Waals surface area contributed by atoms with Gasteiger partial charge in [-0.15, -0.1) is 0 Å². The highest BCUT2D eigenvalue weighted by Gasteiger charge is 2.35. The quantitative estimate of drug-likeness (QED) is 0.868. The Hall–Kier alpha value is -1.39. The molecule has 0 atom stereocenters. The molecule has 0 spiro atoms. The Morgan fingerprint density at radius 1 is 1.30 bits per heavy atom. The van der Waals surface area contributed by atoms with Crippen LogP contribution in [-0.4, -0.2) is 24.7 Å². The number of hydrogen-bond donors (Lipinski definition) is 2. The van der Waals surface area contributed by atoms with Gasteiger partial charge in [-0.2, -0.15) is 0 Å². The summed E-state index contributed by atoms with van der Waals surface area (Å²) in [6, 6.07) is 8.04. The summed E-state index contributed by atoms with van der Waals surface area (Å²) in [7, 11) is 0. The lowest BCUT2D eigenvalue weighted by atomic mass is 9.90. The fourth-order valence-electron chi connectivity index (χ4n) is 2.35. The number of carbonyl (C=O) groups excluding carboxylic acids is 1. The average Bonchev–Trinajstić information content (AvgIpc) is 2.47. The van der Waals surface area contributed by atoms with E-state index in [1.807, 2.05) is 12.1 Å². The van der Waals surface area contributed by atoms with Crippen molar-refractivity contribution in [2.24, 2.45) is 5.73 Å². The zero-order valence-corrected chi connectivity index (χ0v) is 12.2. The van der Waals surface area contributed by atoms with Crippen molar-refractivity contribution >= 4 is 11.6 Å². The van der Waals surface area contributed by atoms with Crippen molar-refractivity contribution in [2.45, 2.75) is 44.6 Å². The van der Waals surface area contributed by atoms with E-state index in [2.05, 4.69) is 24.4 Å². The van der Waals surface area contributed by atoms with Crippen LogP contribution in [0.25, 0.3) is 0 Å². The topological polar surface area (TPSA) is 64.4 Å². The van der Waals surface area contributed by atoms with Crippen molar-refractivity contribution in [3.8, 4) is 0 Å². The number of ether oxygens (including phenoxy) is 1. The third-order valence-corrected chi connectivity index (χ3v) is 3.87. The molecule has 0 bridgehead atoms. The van der Waals surface area contributed by atoms with Crippen LogP contribution in [0.5, 0.6) is 0 Å². The Labute approximate surface area is 120 Å². The van der Waals surface area contributed by atoms with Crippen molar-refractivity contribution in [3.63, 3.8) is 0 Å². The van der Waals surface area contributed by atoms with Gasteiger partial charge in [0.1, 0.15) is 5.54 Å². The minimum atomic E-state index is -0.793. The number of nitrogens with one attached hydrogen (secondary N) is 1. The lowest BCUT2D eigenvalue weighted by Crippen LogP contribution is -2.54. The van der Waals surface area contributed by atoms with Gasteiger partial charge in [-0.3, -0.25) is 4.79 Å². The number of rotatable bonds is 5. The number of carbonyl (C=O) groups is 1. The second-order valence-corrected chi connectivity index (χ2v) is 5.52. The molecule has 1 saturated heterocycles. The van der Waals surface area contributed by atoms with Gasteiger partial charge >= 0.3 is 0 Å². The zero-order valence-electron chi connectivity index (χ0n) is 12.2. The van der Waals surface area contributed by atoms with Crippen molar-refractivity contribution in [1.29, 1.82) is 0 Å². The van der Waals surface area contributed by atoms with Crippen molar-refractivity contribution in [2.75, 3.05) is 18.5 Å². The molecule has 1 amide bonds. The molecule has 1 aliphatic heterocycles. The average molecular weight is 276 g/mol. The third kappa shape index (κ3) is 3.81. The summed E-state index contributed by atoms with van der Waals surface area (Å²) in [5, 5.41) is 2.92. The monoisotopic (exact) mass is 276 g/mol. The molecule has 0 aromatic heterocycles. The molecule has 0 aliphatic carbocycles. The number of aryl methyl sites for hydroxylation is 1. The molecule has 1 aromatic rings. The first kappa shape index (κ1) is 15.0. The molecule has 1 heterocycles. The Morgan fingerprint density at radius 2 is 1.95 bits per heavy atom. The van der Waals surface area contributed by atoms with Crippen LogP contribution in [0.2, 0.25) is 0 Å². The molecule has 1 aliphatic rings. The van der Waals surface area contributed by atoms with Crippen LogP contribution in [0.3, 0.4) is 0 Å². The first-order valence-corrected chi connectivity index (χ1v) is 7.41. The number of nitrogens with two attached hydrogens (primary N) is 1. The van der Waals surface area contributed by atoms with E-state index < -0.39 is 5.54 Å². The minimum absolute atomic E-state index is 0.109. The maximum Gasteiger partial charge on any atom is 0.244 e. The van der Waals surface area contributed by atoms with E-state index in [0.29, 0.717) is 26.1 Å². The number of amides is 1. The standard InChI is InChI=1S/C16H24N2O2/c1-2-3-4-13-5-7-14(8-6-13)18-15(19)16(17)9-11-20-12-10-16/h5-8H,2-4,9-12,17H2,1H3,(H,18,19). The molecule has 0 saturated carbocycles. The Kier molecular flexibility index (Phi) is 5.15. The summed E-state index contributed by atoms with van der Waals surface area (Å²) < 4.78 is 5.26. The minimum Gasteiger partial charge on any atom is -0.381 e. The second-order valence-electron chi connectivity index (χ2n) is 5.52. The predicted octanol–water partition coefficient (Wildman–Crippen LogP) is 2.48.